The van der Waals surface area contributed by atoms with Gasteiger partial charge in [0, 0.05) is 73.9 Å². The van der Waals surface area contributed by atoms with Crippen molar-refractivity contribution in [2.24, 2.45) is 5.41 Å². The smallest absolute Gasteiger partial charge is 0.406 e. The van der Waals surface area contributed by atoms with E-state index in [0.29, 0.717) is 51.8 Å². The minimum absolute atomic E-state index is 0. The van der Waals surface area contributed by atoms with Crippen LogP contribution in [0.2, 0.25) is 0 Å². The van der Waals surface area contributed by atoms with Crippen molar-refractivity contribution in [2.75, 3.05) is 61.2 Å². The molecule has 4 atom stereocenters. The van der Waals surface area contributed by atoms with Gasteiger partial charge in [-0.25, -0.2) is 10.4 Å². The minimum atomic E-state index is -4.61. The van der Waals surface area contributed by atoms with Crippen LogP contribution in [0.25, 0.3) is 33.6 Å². The number of hydrogen-bond donors (Lipinski definition) is 2. The molecule has 24 heteroatoms. The summed E-state index contributed by atoms with van der Waals surface area (Å²) in [7, 11) is 6.60. The number of esters is 1. The SMILES string of the molecule is CO[C@@H](COC1CN(C(=O)C#CC(C)(C)N(C)C)C1)C(=O)N[C@H]1Cc2coc(n2)-c2ccc3c(c2)c(c(-c2cccnc2[C@H](C)OC)n3CC(F)(F)F)CC(C)(C)COC(=O)[C@@H]2CCCN(N2)C1=O.S.S.S.S. The first-order valence-corrected chi connectivity index (χ1v) is 22.9. The molecule has 3 aliphatic rings. The fourth-order valence-electron chi connectivity index (χ4n) is 8.43. The largest absolute Gasteiger partial charge is 0.464 e. The number of rotatable bonds is 11. The highest BCUT2D eigenvalue weighted by molar-refractivity contribution is 7.59. The first-order chi connectivity index (χ1) is 32.6. The van der Waals surface area contributed by atoms with Crippen molar-refractivity contribution >= 4 is 88.6 Å². The van der Waals surface area contributed by atoms with Gasteiger partial charge in [-0.05, 0) is 95.9 Å². The number of ether oxygens (including phenoxy) is 4. The second-order valence-corrected chi connectivity index (χ2v) is 19.3. The van der Waals surface area contributed by atoms with E-state index in [1.807, 2.05) is 46.7 Å². The predicted molar refractivity (Wildman–Crippen MR) is 288 cm³/mol. The van der Waals surface area contributed by atoms with Crippen LogP contribution >= 0.6 is 54.0 Å². The highest BCUT2D eigenvalue weighted by Gasteiger charge is 2.39. The Morgan fingerprint density at radius 1 is 1.07 bits per heavy atom. The zero-order chi connectivity index (χ0) is 50.0. The summed E-state index contributed by atoms with van der Waals surface area (Å²) in [5, 5.41) is 4.58. The molecule has 0 saturated carbocycles. The first kappa shape index (κ1) is 62.8. The summed E-state index contributed by atoms with van der Waals surface area (Å²) < 4.78 is 74.1. The summed E-state index contributed by atoms with van der Waals surface area (Å²) in [6.07, 6.45) is -2.98. The van der Waals surface area contributed by atoms with Gasteiger partial charge in [0.15, 0.2) is 6.10 Å². The van der Waals surface area contributed by atoms with Crippen molar-refractivity contribution in [3.63, 3.8) is 0 Å². The predicted octanol–water partition coefficient (Wildman–Crippen LogP) is 5.31. The quantitative estimate of drug-likeness (QED) is 0.146. The Bertz CT molecular complexity index is 2630. The van der Waals surface area contributed by atoms with Gasteiger partial charge in [-0.1, -0.05) is 19.8 Å². The summed E-state index contributed by atoms with van der Waals surface area (Å²) in [5.74, 6) is 3.64. The highest BCUT2D eigenvalue weighted by atomic mass is 32.1. The molecule has 3 amide bonds. The number of carbonyl (C=O) groups excluding carboxylic acids is 4. The molecule has 7 rings (SSSR count). The van der Waals surface area contributed by atoms with E-state index in [9.17, 15) is 32.3 Å². The zero-order valence-electron chi connectivity index (χ0n) is 42.5. The first-order valence-electron chi connectivity index (χ1n) is 22.9. The van der Waals surface area contributed by atoms with Gasteiger partial charge >= 0.3 is 12.1 Å². The van der Waals surface area contributed by atoms with Gasteiger partial charge in [0.25, 0.3) is 17.7 Å². The number of oxazole rings is 1. The molecular weight excluding hydrogens is 1030 g/mol. The standard InChI is InChI=1S/C49H61F3N8O9.4H2S/c1-29(65-8)41-33(12-10-18-53-41)42-35-22-47(2,3)28-69-46(64)36-13-11-19-60(56-36)45(63)37(21-31-25-68-44(54-31)30-14-15-38(34(35)20-30)59(42)27-49(50,51)52)55-43(62)39(66-9)26-67-32-23-58(24-32)40(61)16-17-48(4,5)57(6)7;;;;/h10,12,14-15,18,20,25,29,32,36-37,39,56H,11,13,19,21-24,26-28H2,1-9H3,(H,55,62);4*1H2/t29-,36-,37-,39-;;;;/m0..../s1. The number of alkyl halides is 3. The summed E-state index contributed by atoms with van der Waals surface area (Å²) >= 11 is 0. The van der Waals surface area contributed by atoms with E-state index < -0.39 is 65.8 Å². The van der Waals surface area contributed by atoms with Gasteiger partial charge in [0.1, 0.15) is 24.9 Å². The molecule has 2 N–H and O–H groups in total. The van der Waals surface area contributed by atoms with Crippen LogP contribution in [0.3, 0.4) is 0 Å². The number of fused-ring (bicyclic) bond motifs is 6. The number of pyridine rings is 1. The monoisotopic (exact) mass is 1100 g/mol. The average Bonchev–Trinajstić information content (AvgIpc) is 3.88. The topological polar surface area (TPSA) is 183 Å². The number of methoxy groups -OCH3 is 2. The third-order valence-corrected chi connectivity index (χ3v) is 13.0. The van der Waals surface area contributed by atoms with Crippen molar-refractivity contribution in [1.82, 2.24) is 40.1 Å². The maximum absolute atomic E-state index is 14.6. The molecule has 6 bridgehead atoms. The molecule has 0 radical (unpaired) electrons. The van der Waals surface area contributed by atoms with Crippen LogP contribution < -0.4 is 10.7 Å². The van der Waals surface area contributed by atoms with Gasteiger partial charge in [-0.2, -0.15) is 67.2 Å². The number of hydrazine groups is 1. The number of benzene rings is 1. The van der Waals surface area contributed by atoms with Gasteiger partial charge < -0.3 is 38.1 Å². The molecule has 3 aliphatic heterocycles. The van der Waals surface area contributed by atoms with Gasteiger partial charge in [-0.3, -0.25) is 34.1 Å². The molecule has 2 saturated heterocycles. The van der Waals surface area contributed by atoms with E-state index in [0.717, 1.165) is 0 Å². The zero-order valence-corrected chi connectivity index (χ0v) is 46.5. The number of hydrogen-bond acceptors (Lipinski definition) is 13. The van der Waals surface area contributed by atoms with Crippen molar-refractivity contribution in [2.45, 2.75) is 109 Å². The van der Waals surface area contributed by atoms with E-state index in [1.54, 1.807) is 48.4 Å². The number of carbonyl (C=O) groups is 4. The number of cyclic esters (lactones) is 1. The Labute approximate surface area is 452 Å². The molecular formula is C49H69F3N8O9S4. The Morgan fingerprint density at radius 3 is 2.44 bits per heavy atom. The van der Waals surface area contributed by atoms with Gasteiger partial charge in [-0.15, -0.1) is 0 Å². The third-order valence-electron chi connectivity index (χ3n) is 13.0. The highest BCUT2D eigenvalue weighted by Crippen LogP contribution is 2.43. The molecule has 404 valence electrons. The van der Waals surface area contributed by atoms with Crippen molar-refractivity contribution < 1.29 is 55.7 Å². The van der Waals surface area contributed by atoms with Crippen molar-refractivity contribution in [1.29, 1.82) is 0 Å². The van der Waals surface area contributed by atoms with E-state index >= 15 is 0 Å². The summed E-state index contributed by atoms with van der Waals surface area (Å²) in [5.41, 5.74) is 4.46. The van der Waals surface area contributed by atoms with E-state index in [4.69, 9.17) is 28.3 Å². The molecule has 73 heavy (non-hydrogen) atoms. The second kappa shape index (κ2) is 25.9. The normalized spacial score (nSPS) is 19.0. The molecule has 0 aliphatic carbocycles. The fourth-order valence-corrected chi connectivity index (χ4v) is 8.43. The number of nitrogens with one attached hydrogen (secondary N) is 2. The van der Waals surface area contributed by atoms with Gasteiger partial charge in [0.2, 0.25) is 5.89 Å². The fraction of sp³-hybridized carbons (Fsp3) is 0.551. The number of likely N-dealkylation sites (tertiary alicyclic amines) is 1. The molecule has 2 fully saturated rings. The lowest BCUT2D eigenvalue weighted by Gasteiger charge is -2.38. The van der Waals surface area contributed by atoms with Crippen LogP contribution in [0, 0.1) is 17.3 Å². The Kier molecular flexibility index (Phi) is 22.3. The van der Waals surface area contributed by atoms with Crippen LogP contribution in [0.5, 0.6) is 0 Å². The Morgan fingerprint density at radius 2 is 1.78 bits per heavy atom. The van der Waals surface area contributed by atoms with Crippen LogP contribution in [0.4, 0.5) is 13.2 Å². The molecule has 0 spiro atoms. The maximum atomic E-state index is 14.6. The lowest BCUT2D eigenvalue weighted by atomic mass is 9.84. The second-order valence-electron chi connectivity index (χ2n) is 19.3. The van der Waals surface area contributed by atoms with Crippen LogP contribution in [-0.4, -0.2) is 150 Å². The lowest BCUT2D eigenvalue weighted by molar-refractivity contribution is -0.156. The van der Waals surface area contributed by atoms with Crippen molar-refractivity contribution in [3.05, 3.63) is 59.7 Å². The Hall–Kier alpha value is -4.45. The average molecular weight is 1100 g/mol. The van der Waals surface area contributed by atoms with Gasteiger partial charge in [0.05, 0.1) is 48.0 Å². The number of amides is 3. The molecule has 4 aromatic rings. The van der Waals surface area contributed by atoms with Crippen molar-refractivity contribution in [3.8, 4) is 34.6 Å². The van der Waals surface area contributed by atoms with Crippen LogP contribution in [-0.2, 0) is 57.5 Å². The lowest BCUT2D eigenvalue weighted by Crippen LogP contribution is -2.61. The number of aromatic nitrogens is 3. The summed E-state index contributed by atoms with van der Waals surface area (Å²) in [6.45, 7) is 8.49. The van der Waals surface area contributed by atoms with E-state index in [1.165, 1.54) is 30.1 Å². The van der Waals surface area contributed by atoms with Crippen LogP contribution in [0.1, 0.15) is 70.5 Å². The number of nitrogens with zero attached hydrogens (tertiary/aromatic N) is 6. The Balaban J connectivity index is 0.00000352. The molecule has 0 unspecified atom stereocenters. The van der Waals surface area contributed by atoms with E-state index in [-0.39, 0.29) is 123 Å². The van der Waals surface area contributed by atoms with Crippen LogP contribution in [0.15, 0.2) is 47.2 Å². The van der Waals surface area contributed by atoms with E-state index in [2.05, 4.69) is 27.6 Å². The molecule has 1 aromatic carbocycles. The maximum Gasteiger partial charge on any atom is 0.406 e. The molecule has 6 heterocycles. The summed E-state index contributed by atoms with van der Waals surface area (Å²) in [6, 6.07) is 6.16. The minimum Gasteiger partial charge on any atom is -0.464 e. The summed E-state index contributed by atoms with van der Waals surface area (Å²) in [4.78, 5) is 67.5. The third kappa shape index (κ3) is 14.9. The number of halogens is 3. The molecule has 3 aromatic heterocycles. The molecule has 17 nitrogen and oxygen atoms in total.